The van der Waals surface area contributed by atoms with Gasteiger partial charge >= 0.3 is 0 Å². The Bertz CT molecular complexity index is 379. The Morgan fingerprint density at radius 1 is 1.44 bits per heavy atom. The summed E-state index contributed by atoms with van der Waals surface area (Å²) in [7, 11) is 0. The van der Waals surface area contributed by atoms with Crippen molar-refractivity contribution in [3.8, 4) is 0 Å². The van der Waals surface area contributed by atoms with Gasteiger partial charge in [0.2, 0.25) is 0 Å². The molecular formula is C12H18N2OS. The Morgan fingerprint density at radius 2 is 2.31 bits per heavy atom. The Hall–Kier alpha value is -0.480. The highest BCUT2D eigenvalue weighted by Crippen LogP contribution is 2.51. The summed E-state index contributed by atoms with van der Waals surface area (Å²) in [5.41, 5.74) is 0.903. The fourth-order valence-corrected chi connectivity index (χ4v) is 4.24. The molecule has 2 aliphatic carbocycles. The topological polar surface area (TPSA) is 46.0 Å². The van der Waals surface area contributed by atoms with Gasteiger partial charge < -0.3 is 5.11 Å². The maximum Gasteiger partial charge on any atom is 0.0919 e. The van der Waals surface area contributed by atoms with Crippen molar-refractivity contribution in [2.75, 3.05) is 0 Å². The first kappa shape index (κ1) is 10.7. The van der Waals surface area contributed by atoms with Crippen LogP contribution in [0, 0.1) is 24.7 Å². The summed E-state index contributed by atoms with van der Waals surface area (Å²) in [6, 6.07) is 0. The average molecular weight is 238 g/mol. The van der Waals surface area contributed by atoms with Gasteiger partial charge in [0.25, 0.3) is 0 Å². The molecule has 3 rings (SSSR count). The molecule has 4 heteroatoms. The van der Waals surface area contributed by atoms with Gasteiger partial charge in [-0.15, -0.1) is 5.10 Å². The Morgan fingerprint density at radius 3 is 2.88 bits per heavy atom. The van der Waals surface area contributed by atoms with Crippen molar-refractivity contribution in [2.24, 2.45) is 17.8 Å². The number of aryl methyl sites for hydroxylation is 1. The first-order valence-corrected chi connectivity index (χ1v) is 6.98. The molecular weight excluding hydrogens is 220 g/mol. The molecule has 0 spiro atoms. The average Bonchev–Trinajstić information content (AvgIpc) is 2.92. The van der Waals surface area contributed by atoms with Crippen molar-refractivity contribution < 1.29 is 5.11 Å². The molecule has 2 aliphatic rings. The zero-order valence-corrected chi connectivity index (χ0v) is 10.4. The van der Waals surface area contributed by atoms with Gasteiger partial charge in [0.1, 0.15) is 0 Å². The number of nitrogens with zero attached hydrogens (tertiary/aromatic N) is 2. The van der Waals surface area contributed by atoms with Crippen LogP contribution in [0.5, 0.6) is 0 Å². The number of aliphatic hydroxyl groups is 1. The molecule has 1 N–H and O–H groups in total. The minimum Gasteiger partial charge on any atom is -0.387 e. The maximum absolute atomic E-state index is 10.2. The third-order valence-corrected chi connectivity index (χ3v) is 5.33. The van der Waals surface area contributed by atoms with E-state index in [1.54, 1.807) is 0 Å². The molecule has 4 unspecified atom stereocenters. The van der Waals surface area contributed by atoms with Crippen LogP contribution in [0.15, 0.2) is 0 Å². The van der Waals surface area contributed by atoms with E-state index in [0.717, 1.165) is 34.7 Å². The van der Waals surface area contributed by atoms with Gasteiger partial charge in [-0.3, -0.25) is 0 Å². The van der Waals surface area contributed by atoms with E-state index in [-0.39, 0.29) is 6.10 Å². The van der Waals surface area contributed by atoms with E-state index in [1.165, 1.54) is 37.2 Å². The molecule has 0 saturated heterocycles. The summed E-state index contributed by atoms with van der Waals surface area (Å²) >= 11 is 1.35. The van der Waals surface area contributed by atoms with Crippen LogP contribution in [0.4, 0.5) is 0 Å². The summed E-state index contributed by atoms with van der Waals surface area (Å²) in [6.45, 7) is 1.93. The van der Waals surface area contributed by atoms with Crippen molar-refractivity contribution in [1.82, 2.24) is 9.59 Å². The summed E-state index contributed by atoms with van der Waals surface area (Å²) < 4.78 is 3.90. The zero-order valence-electron chi connectivity index (χ0n) is 9.59. The standard InChI is InChI=1S/C12H18N2OS/c1-7-12(16-14-13-7)11(15)6-10-5-8-2-3-9(10)4-8/h8-11,15H,2-6H2,1H3. The predicted octanol–water partition coefficient (Wildman–Crippen LogP) is 2.71. The monoisotopic (exact) mass is 238 g/mol. The van der Waals surface area contributed by atoms with Crippen LogP contribution in [0.2, 0.25) is 0 Å². The Kier molecular flexibility index (Phi) is 2.72. The second-order valence-electron chi connectivity index (χ2n) is 5.41. The highest BCUT2D eigenvalue weighted by Gasteiger charge is 2.40. The maximum atomic E-state index is 10.2. The van der Waals surface area contributed by atoms with Gasteiger partial charge in [0, 0.05) is 0 Å². The molecule has 3 nitrogen and oxygen atoms in total. The number of fused-ring (bicyclic) bond motifs is 2. The largest absolute Gasteiger partial charge is 0.387 e. The highest BCUT2D eigenvalue weighted by atomic mass is 32.1. The van der Waals surface area contributed by atoms with Crippen LogP contribution >= 0.6 is 11.5 Å². The molecule has 2 saturated carbocycles. The van der Waals surface area contributed by atoms with Crippen molar-refractivity contribution in [1.29, 1.82) is 0 Å². The van der Waals surface area contributed by atoms with Crippen LogP contribution in [0.1, 0.15) is 48.8 Å². The number of aliphatic hydroxyl groups excluding tert-OH is 1. The summed E-state index contributed by atoms with van der Waals surface area (Å²) in [5.74, 6) is 2.60. The number of hydrogen-bond donors (Lipinski definition) is 1. The molecule has 1 aromatic rings. The van der Waals surface area contributed by atoms with Crippen LogP contribution in [-0.4, -0.2) is 14.7 Å². The van der Waals surface area contributed by atoms with E-state index in [4.69, 9.17) is 0 Å². The minimum atomic E-state index is -0.329. The lowest BCUT2D eigenvalue weighted by molar-refractivity contribution is 0.128. The summed E-state index contributed by atoms with van der Waals surface area (Å²) in [6.07, 6.45) is 6.17. The van der Waals surface area contributed by atoms with Crippen molar-refractivity contribution in [3.05, 3.63) is 10.6 Å². The van der Waals surface area contributed by atoms with Gasteiger partial charge in [-0.05, 0) is 61.9 Å². The minimum absolute atomic E-state index is 0.329. The first-order chi connectivity index (χ1) is 7.74. The van der Waals surface area contributed by atoms with Gasteiger partial charge in [-0.1, -0.05) is 10.9 Å². The lowest BCUT2D eigenvalue weighted by atomic mass is 9.84. The fourth-order valence-electron chi connectivity index (χ4n) is 3.60. The Labute approximate surface area is 100 Å². The normalized spacial score (nSPS) is 34.5. The van der Waals surface area contributed by atoms with E-state index < -0.39 is 0 Å². The SMILES string of the molecule is Cc1nnsc1C(O)CC1CC2CCC1C2. The number of hydrogen-bond acceptors (Lipinski definition) is 4. The molecule has 4 atom stereocenters. The van der Waals surface area contributed by atoms with Crippen molar-refractivity contribution in [3.63, 3.8) is 0 Å². The van der Waals surface area contributed by atoms with Crippen molar-refractivity contribution >= 4 is 11.5 Å². The molecule has 0 aromatic carbocycles. The smallest absolute Gasteiger partial charge is 0.0919 e. The summed E-state index contributed by atoms with van der Waals surface area (Å²) in [5, 5.41) is 14.2. The van der Waals surface area contributed by atoms with Gasteiger partial charge in [-0.25, -0.2) is 0 Å². The van der Waals surface area contributed by atoms with E-state index in [1.807, 2.05) is 6.92 Å². The number of aromatic nitrogens is 2. The number of rotatable bonds is 3. The third-order valence-electron chi connectivity index (χ3n) is 4.40. The zero-order chi connectivity index (χ0) is 11.1. The van der Waals surface area contributed by atoms with Crippen LogP contribution in [-0.2, 0) is 0 Å². The second-order valence-corrected chi connectivity index (χ2v) is 6.19. The third kappa shape index (κ3) is 1.78. The van der Waals surface area contributed by atoms with E-state index in [0.29, 0.717) is 0 Å². The molecule has 88 valence electrons. The van der Waals surface area contributed by atoms with E-state index in [9.17, 15) is 5.11 Å². The van der Waals surface area contributed by atoms with E-state index in [2.05, 4.69) is 9.59 Å². The first-order valence-electron chi connectivity index (χ1n) is 6.21. The molecule has 1 heterocycles. The lowest BCUT2D eigenvalue weighted by Gasteiger charge is -2.23. The molecule has 1 aromatic heterocycles. The predicted molar refractivity (Wildman–Crippen MR) is 63.2 cm³/mol. The van der Waals surface area contributed by atoms with Gasteiger partial charge in [-0.2, -0.15) is 0 Å². The highest BCUT2D eigenvalue weighted by molar-refractivity contribution is 7.05. The second kappa shape index (κ2) is 4.08. The lowest BCUT2D eigenvalue weighted by Crippen LogP contribution is -2.14. The fraction of sp³-hybridized carbons (Fsp3) is 0.833. The van der Waals surface area contributed by atoms with Crippen molar-refractivity contribution in [2.45, 2.75) is 45.1 Å². The molecule has 0 amide bonds. The van der Waals surface area contributed by atoms with Crippen LogP contribution in [0.3, 0.4) is 0 Å². The molecule has 2 bridgehead atoms. The van der Waals surface area contributed by atoms with Gasteiger partial charge in [0.05, 0.1) is 16.7 Å². The Balaban J connectivity index is 1.65. The van der Waals surface area contributed by atoms with Crippen LogP contribution in [0.25, 0.3) is 0 Å². The van der Waals surface area contributed by atoms with Gasteiger partial charge in [0.15, 0.2) is 0 Å². The molecule has 16 heavy (non-hydrogen) atoms. The van der Waals surface area contributed by atoms with Crippen LogP contribution < -0.4 is 0 Å². The quantitative estimate of drug-likeness (QED) is 0.880. The molecule has 2 fully saturated rings. The summed E-state index contributed by atoms with van der Waals surface area (Å²) in [4.78, 5) is 0.975. The van der Waals surface area contributed by atoms with E-state index >= 15 is 0 Å². The molecule has 0 radical (unpaired) electrons. The molecule has 0 aliphatic heterocycles.